The molecule has 108 valence electrons. The first-order chi connectivity index (χ1) is 10.3. The molecule has 3 aromatic rings. The van der Waals surface area contributed by atoms with Crippen molar-refractivity contribution in [3.05, 3.63) is 52.8 Å². The monoisotopic (exact) mass is 299 g/mol. The van der Waals surface area contributed by atoms with E-state index in [1.165, 1.54) is 11.1 Å². The smallest absolute Gasteiger partial charge is 0.193 e. The lowest BCUT2D eigenvalue weighted by atomic mass is 9.88. The van der Waals surface area contributed by atoms with Crippen LogP contribution in [0.4, 0.5) is 0 Å². The molecule has 0 fully saturated rings. The number of rotatable bonds is 3. The summed E-state index contributed by atoms with van der Waals surface area (Å²) in [7, 11) is 0. The van der Waals surface area contributed by atoms with Crippen LogP contribution in [0.5, 0.6) is 5.75 Å². The van der Waals surface area contributed by atoms with Gasteiger partial charge in [-0.1, -0.05) is 6.07 Å². The molecule has 2 heterocycles. The Bertz CT molecular complexity index is 748. The van der Waals surface area contributed by atoms with E-state index >= 15 is 0 Å². The summed E-state index contributed by atoms with van der Waals surface area (Å²) in [5.74, 6) is 0.902. The summed E-state index contributed by atoms with van der Waals surface area (Å²) in [6.45, 7) is 0.499. The number of aryl methyl sites for hydroxylation is 1. The van der Waals surface area contributed by atoms with Crippen LogP contribution in [0.3, 0.4) is 0 Å². The van der Waals surface area contributed by atoms with Gasteiger partial charge in [-0.15, -0.1) is 11.3 Å². The minimum Gasteiger partial charge on any atom is -0.487 e. The third kappa shape index (κ3) is 2.43. The first kappa shape index (κ1) is 12.9. The highest BCUT2D eigenvalue weighted by Gasteiger charge is 2.17. The summed E-state index contributed by atoms with van der Waals surface area (Å²) >= 11 is 1.63. The van der Waals surface area contributed by atoms with Gasteiger partial charge in [-0.25, -0.2) is 4.98 Å². The topological polar surface area (TPSA) is 52.5 Å². The van der Waals surface area contributed by atoms with Crippen molar-refractivity contribution in [2.24, 2.45) is 5.73 Å². The van der Waals surface area contributed by atoms with Crippen LogP contribution in [0, 0.1) is 0 Å². The maximum absolute atomic E-state index is 6.14. The zero-order valence-electron chi connectivity index (χ0n) is 11.7. The van der Waals surface area contributed by atoms with Crippen molar-refractivity contribution < 1.29 is 4.74 Å². The molecular formula is C16H17N3OS. The van der Waals surface area contributed by atoms with E-state index in [2.05, 4.69) is 17.1 Å². The molecule has 4 nitrogen and oxygen atoms in total. The Morgan fingerprint density at radius 3 is 3.29 bits per heavy atom. The van der Waals surface area contributed by atoms with Crippen molar-refractivity contribution in [3.8, 4) is 5.75 Å². The maximum atomic E-state index is 6.14. The summed E-state index contributed by atoms with van der Waals surface area (Å²) < 4.78 is 7.90. The molecule has 21 heavy (non-hydrogen) atoms. The zero-order chi connectivity index (χ0) is 14.2. The van der Waals surface area contributed by atoms with Gasteiger partial charge < -0.3 is 10.5 Å². The molecule has 0 bridgehead atoms. The molecule has 2 N–H and O–H groups in total. The summed E-state index contributed by atoms with van der Waals surface area (Å²) in [4.78, 5) is 5.53. The number of nitrogens with zero attached hydrogens (tertiary/aromatic N) is 2. The number of fused-ring (bicyclic) bond motifs is 2. The molecule has 4 rings (SSSR count). The summed E-state index contributed by atoms with van der Waals surface area (Å²) in [5, 5.41) is 2.03. The van der Waals surface area contributed by atoms with Crippen molar-refractivity contribution in [1.29, 1.82) is 0 Å². The summed E-state index contributed by atoms with van der Waals surface area (Å²) in [6.07, 6.45) is 7.37. The third-order valence-electron chi connectivity index (χ3n) is 4.01. The fraction of sp³-hybridized carbons (Fsp3) is 0.312. The molecule has 0 radical (unpaired) electrons. The predicted octanol–water partition coefficient (Wildman–Crippen LogP) is 3.31. The van der Waals surface area contributed by atoms with Gasteiger partial charge in [-0.3, -0.25) is 4.40 Å². The predicted molar refractivity (Wildman–Crippen MR) is 83.7 cm³/mol. The largest absolute Gasteiger partial charge is 0.487 e. The van der Waals surface area contributed by atoms with Crippen LogP contribution >= 0.6 is 11.3 Å². The number of nitrogens with two attached hydrogens (primary N) is 1. The van der Waals surface area contributed by atoms with Crippen LogP contribution in [0.2, 0.25) is 0 Å². The van der Waals surface area contributed by atoms with Gasteiger partial charge in [0.2, 0.25) is 0 Å². The minimum absolute atomic E-state index is 0.183. The number of ether oxygens (including phenoxy) is 1. The van der Waals surface area contributed by atoms with Gasteiger partial charge in [0.05, 0.1) is 5.69 Å². The lowest BCUT2D eigenvalue weighted by Crippen LogP contribution is -2.17. The second kappa shape index (κ2) is 5.16. The molecule has 0 aliphatic heterocycles. The van der Waals surface area contributed by atoms with Crippen molar-refractivity contribution in [1.82, 2.24) is 9.38 Å². The molecule has 1 unspecified atom stereocenters. The molecule has 2 aromatic heterocycles. The van der Waals surface area contributed by atoms with Gasteiger partial charge in [0, 0.05) is 23.8 Å². The fourth-order valence-corrected chi connectivity index (χ4v) is 3.64. The Labute approximate surface area is 127 Å². The van der Waals surface area contributed by atoms with Crippen LogP contribution in [0.1, 0.15) is 35.7 Å². The Morgan fingerprint density at radius 1 is 1.43 bits per heavy atom. The normalized spacial score (nSPS) is 17.9. The number of aromatic nitrogens is 2. The molecule has 0 amide bonds. The Balaban J connectivity index is 1.50. The van der Waals surface area contributed by atoms with E-state index in [4.69, 9.17) is 10.5 Å². The molecule has 1 aliphatic rings. The first-order valence-electron chi connectivity index (χ1n) is 7.22. The van der Waals surface area contributed by atoms with Gasteiger partial charge >= 0.3 is 0 Å². The van der Waals surface area contributed by atoms with E-state index in [9.17, 15) is 0 Å². The van der Waals surface area contributed by atoms with E-state index in [1.54, 1.807) is 11.3 Å². The second-order valence-corrected chi connectivity index (χ2v) is 6.35. The van der Waals surface area contributed by atoms with E-state index in [0.717, 1.165) is 35.7 Å². The number of hydrogen-bond acceptors (Lipinski definition) is 4. The van der Waals surface area contributed by atoms with Crippen LogP contribution in [0.15, 0.2) is 36.0 Å². The highest BCUT2D eigenvalue weighted by molar-refractivity contribution is 7.15. The molecular weight excluding hydrogens is 282 g/mol. The molecule has 0 saturated heterocycles. The molecule has 1 atom stereocenters. The maximum Gasteiger partial charge on any atom is 0.193 e. The van der Waals surface area contributed by atoms with Crippen LogP contribution in [-0.2, 0) is 13.0 Å². The van der Waals surface area contributed by atoms with Crippen molar-refractivity contribution >= 4 is 16.3 Å². The van der Waals surface area contributed by atoms with Crippen molar-refractivity contribution in [2.45, 2.75) is 31.9 Å². The molecule has 1 aliphatic carbocycles. The summed E-state index contributed by atoms with van der Waals surface area (Å²) in [5.41, 5.74) is 9.70. The van der Waals surface area contributed by atoms with Gasteiger partial charge in [0.1, 0.15) is 12.4 Å². The van der Waals surface area contributed by atoms with Gasteiger partial charge in [-0.2, -0.15) is 0 Å². The standard InChI is InChI=1S/C16H17N3OS/c17-15-3-1-2-11-8-13(4-5-14(11)15)20-10-12-9-19-6-7-21-16(19)18-12/h4-9,15H,1-3,10,17H2. The fourth-order valence-electron chi connectivity index (χ4n) is 2.92. The molecule has 0 saturated carbocycles. The van der Waals surface area contributed by atoms with E-state index in [1.807, 2.05) is 28.2 Å². The minimum atomic E-state index is 0.183. The Morgan fingerprint density at radius 2 is 2.38 bits per heavy atom. The lowest BCUT2D eigenvalue weighted by Gasteiger charge is -2.22. The van der Waals surface area contributed by atoms with Crippen LogP contribution in [0.25, 0.3) is 4.96 Å². The van der Waals surface area contributed by atoms with Gasteiger partial charge in [-0.05, 0) is 42.5 Å². The lowest BCUT2D eigenvalue weighted by molar-refractivity contribution is 0.301. The van der Waals surface area contributed by atoms with Gasteiger partial charge in [0.25, 0.3) is 0 Å². The zero-order valence-corrected chi connectivity index (χ0v) is 12.5. The van der Waals surface area contributed by atoms with E-state index in [0.29, 0.717) is 6.61 Å². The van der Waals surface area contributed by atoms with E-state index < -0.39 is 0 Å². The summed E-state index contributed by atoms with van der Waals surface area (Å²) in [6, 6.07) is 6.44. The highest BCUT2D eigenvalue weighted by atomic mass is 32.1. The molecule has 5 heteroatoms. The second-order valence-electron chi connectivity index (χ2n) is 5.47. The Hall–Kier alpha value is -1.85. The third-order valence-corrected chi connectivity index (χ3v) is 4.78. The average molecular weight is 299 g/mol. The average Bonchev–Trinajstić information content (AvgIpc) is 3.06. The van der Waals surface area contributed by atoms with Crippen LogP contribution in [-0.4, -0.2) is 9.38 Å². The molecule has 1 aromatic carbocycles. The highest BCUT2D eigenvalue weighted by Crippen LogP contribution is 2.30. The quantitative estimate of drug-likeness (QED) is 0.807. The first-order valence-corrected chi connectivity index (χ1v) is 8.10. The molecule has 0 spiro atoms. The number of hydrogen-bond donors (Lipinski definition) is 1. The van der Waals surface area contributed by atoms with Gasteiger partial charge in [0.15, 0.2) is 4.96 Å². The van der Waals surface area contributed by atoms with Crippen LogP contribution < -0.4 is 10.5 Å². The number of thiazole rings is 1. The van der Waals surface area contributed by atoms with E-state index in [-0.39, 0.29) is 6.04 Å². The van der Waals surface area contributed by atoms with Crippen molar-refractivity contribution in [3.63, 3.8) is 0 Å². The van der Waals surface area contributed by atoms with Crippen molar-refractivity contribution in [2.75, 3.05) is 0 Å². The number of benzene rings is 1. The SMILES string of the molecule is NC1CCCc2cc(OCc3cn4ccsc4n3)ccc21. The Kier molecular flexibility index (Phi) is 3.16. The number of imidazole rings is 1.